The quantitative estimate of drug-likeness (QED) is 0.453. The zero-order valence-corrected chi connectivity index (χ0v) is 13.6. The highest BCUT2D eigenvalue weighted by molar-refractivity contribution is 14.1. The Morgan fingerprint density at radius 2 is 1.95 bits per heavy atom. The summed E-state index contributed by atoms with van der Waals surface area (Å²) in [6.45, 7) is 0. The molecule has 0 aliphatic rings. The number of hydrogen-bond acceptors (Lipinski definition) is 2. The van der Waals surface area contributed by atoms with Gasteiger partial charge >= 0.3 is 5.97 Å². The molecule has 0 aromatic heterocycles. The Hall–Kier alpha value is -1.27. The maximum absolute atomic E-state index is 10.6. The van der Waals surface area contributed by atoms with Crippen LogP contribution in [0.25, 0.3) is 6.08 Å². The van der Waals surface area contributed by atoms with Gasteiger partial charge in [0.1, 0.15) is 0 Å². The van der Waals surface area contributed by atoms with Gasteiger partial charge in [-0.25, -0.2) is 4.79 Å². The Bertz CT molecular complexity index is 624. The smallest absolute Gasteiger partial charge is 0.328 e. The van der Waals surface area contributed by atoms with Crippen molar-refractivity contribution >= 4 is 46.4 Å². The van der Waals surface area contributed by atoms with Gasteiger partial charge in [0.2, 0.25) is 0 Å². The van der Waals surface area contributed by atoms with Crippen molar-refractivity contribution in [2.45, 2.75) is 10.6 Å². The molecule has 2 rings (SSSR count). The molecule has 0 aliphatic carbocycles. The molecular weight excluding hydrogens is 383 g/mol. The number of hydrogen-bond donors (Lipinski definition) is 1. The lowest BCUT2D eigenvalue weighted by molar-refractivity contribution is -0.131. The molecule has 0 heterocycles. The Kier molecular flexibility index (Phi) is 5.67. The van der Waals surface area contributed by atoms with Crippen molar-refractivity contribution in [3.05, 3.63) is 69.3 Å². The molecule has 0 bridgehead atoms. The van der Waals surface area contributed by atoms with Crippen LogP contribution >= 0.6 is 34.4 Å². The van der Waals surface area contributed by atoms with Gasteiger partial charge in [0.15, 0.2) is 0 Å². The third-order valence-corrected chi connectivity index (χ3v) is 4.67. The number of aliphatic carboxylic acids is 1. The van der Waals surface area contributed by atoms with Gasteiger partial charge in [-0.05, 0) is 58.0 Å². The van der Waals surface area contributed by atoms with Gasteiger partial charge in [-0.15, -0.1) is 11.8 Å². The number of rotatable bonds is 5. The summed E-state index contributed by atoms with van der Waals surface area (Å²) in [6, 6.07) is 16.4. The van der Waals surface area contributed by atoms with E-state index in [9.17, 15) is 4.79 Å². The number of carbonyl (C=O) groups is 1. The van der Waals surface area contributed by atoms with E-state index in [-0.39, 0.29) is 0 Å². The molecule has 0 amide bonds. The van der Waals surface area contributed by atoms with Gasteiger partial charge in [0.25, 0.3) is 0 Å². The molecule has 2 aromatic rings. The van der Waals surface area contributed by atoms with Crippen LogP contribution in [0.2, 0.25) is 0 Å². The fourth-order valence-corrected chi connectivity index (χ4v) is 3.06. The van der Waals surface area contributed by atoms with Crippen LogP contribution in [0.15, 0.2) is 59.5 Å². The first-order valence-corrected chi connectivity index (χ1v) is 8.09. The van der Waals surface area contributed by atoms with E-state index in [0.717, 1.165) is 19.8 Å². The summed E-state index contributed by atoms with van der Waals surface area (Å²) in [5, 5.41) is 8.69. The van der Waals surface area contributed by atoms with Crippen molar-refractivity contribution in [2.24, 2.45) is 0 Å². The lowest BCUT2D eigenvalue weighted by Crippen LogP contribution is -1.88. The monoisotopic (exact) mass is 396 g/mol. The molecule has 102 valence electrons. The largest absolute Gasteiger partial charge is 0.478 e. The summed E-state index contributed by atoms with van der Waals surface area (Å²) in [5.41, 5.74) is 2.21. The number of halogens is 1. The van der Waals surface area contributed by atoms with E-state index in [4.69, 9.17) is 5.11 Å². The molecule has 1 N–H and O–H groups in total. The molecule has 0 saturated heterocycles. The van der Waals surface area contributed by atoms with Crippen LogP contribution in [-0.4, -0.2) is 11.1 Å². The predicted molar refractivity (Wildman–Crippen MR) is 91.8 cm³/mol. The minimum absolute atomic E-state index is 0.906. The highest BCUT2D eigenvalue weighted by atomic mass is 127. The second-order valence-electron chi connectivity index (χ2n) is 4.13. The van der Waals surface area contributed by atoms with E-state index < -0.39 is 5.97 Å². The van der Waals surface area contributed by atoms with Gasteiger partial charge in [-0.2, -0.15) is 0 Å². The Morgan fingerprint density at radius 3 is 2.65 bits per heavy atom. The summed E-state index contributed by atoms with van der Waals surface area (Å²) in [4.78, 5) is 11.7. The molecule has 0 spiro atoms. The van der Waals surface area contributed by atoms with E-state index in [0.29, 0.717) is 0 Å². The fraction of sp³-hybridized carbons (Fsp3) is 0.0625. The van der Waals surface area contributed by atoms with Crippen LogP contribution < -0.4 is 0 Å². The molecule has 4 heteroatoms. The Labute approximate surface area is 136 Å². The summed E-state index contributed by atoms with van der Waals surface area (Å²) >= 11 is 3.96. The summed E-state index contributed by atoms with van der Waals surface area (Å²) in [6.07, 6.45) is 2.81. The van der Waals surface area contributed by atoms with Crippen molar-refractivity contribution in [2.75, 3.05) is 0 Å². The van der Waals surface area contributed by atoms with Crippen LogP contribution in [0.4, 0.5) is 0 Å². The summed E-state index contributed by atoms with van der Waals surface area (Å²) in [5.74, 6) is -0.0214. The number of carboxylic acid groups (broad SMARTS) is 1. The average Bonchev–Trinajstić information content (AvgIpc) is 2.46. The molecule has 20 heavy (non-hydrogen) atoms. The van der Waals surface area contributed by atoms with Crippen LogP contribution in [-0.2, 0) is 10.5 Å². The summed E-state index contributed by atoms with van der Waals surface area (Å²) in [7, 11) is 0. The molecule has 0 saturated carbocycles. The second kappa shape index (κ2) is 7.50. The standard InChI is InChI=1S/C16H13IO2S/c17-15-8-7-14(10-13(15)6-9-16(18)19)20-11-12-4-2-1-3-5-12/h1-10H,11H2,(H,18,19)/b9-6+. The second-order valence-corrected chi connectivity index (χ2v) is 6.34. The van der Waals surface area contributed by atoms with E-state index in [1.54, 1.807) is 17.8 Å². The minimum atomic E-state index is -0.928. The van der Waals surface area contributed by atoms with Crippen LogP contribution in [0.5, 0.6) is 0 Å². The van der Waals surface area contributed by atoms with Crippen LogP contribution in [0.1, 0.15) is 11.1 Å². The van der Waals surface area contributed by atoms with Gasteiger partial charge in [0.05, 0.1) is 0 Å². The predicted octanol–water partition coefficient (Wildman–Crippen LogP) is 4.68. The third kappa shape index (κ3) is 4.68. The van der Waals surface area contributed by atoms with E-state index >= 15 is 0 Å². The summed E-state index contributed by atoms with van der Waals surface area (Å²) < 4.78 is 1.05. The van der Waals surface area contributed by atoms with Crippen LogP contribution in [0, 0.1) is 3.57 Å². The molecule has 2 nitrogen and oxygen atoms in total. The first-order chi connectivity index (χ1) is 9.65. The highest BCUT2D eigenvalue weighted by Crippen LogP contribution is 2.26. The Balaban J connectivity index is 2.09. The van der Waals surface area contributed by atoms with Crippen LogP contribution in [0.3, 0.4) is 0 Å². The van der Waals surface area contributed by atoms with Crippen molar-refractivity contribution in [1.29, 1.82) is 0 Å². The van der Waals surface area contributed by atoms with Gasteiger partial charge in [-0.1, -0.05) is 30.3 Å². The zero-order valence-electron chi connectivity index (χ0n) is 10.6. The molecule has 2 aromatic carbocycles. The molecule has 0 atom stereocenters. The maximum Gasteiger partial charge on any atom is 0.328 e. The number of benzene rings is 2. The highest BCUT2D eigenvalue weighted by Gasteiger charge is 2.01. The third-order valence-electron chi connectivity index (χ3n) is 2.62. The van der Waals surface area contributed by atoms with Crippen molar-refractivity contribution in [1.82, 2.24) is 0 Å². The molecule has 0 fully saturated rings. The van der Waals surface area contributed by atoms with Crippen molar-refractivity contribution < 1.29 is 9.90 Å². The zero-order chi connectivity index (χ0) is 14.4. The van der Waals surface area contributed by atoms with Crippen molar-refractivity contribution in [3.63, 3.8) is 0 Å². The van der Waals surface area contributed by atoms with Crippen molar-refractivity contribution in [3.8, 4) is 0 Å². The maximum atomic E-state index is 10.6. The first-order valence-electron chi connectivity index (χ1n) is 6.02. The lowest BCUT2D eigenvalue weighted by atomic mass is 10.2. The van der Waals surface area contributed by atoms with E-state index in [1.165, 1.54) is 11.6 Å². The van der Waals surface area contributed by atoms with Gasteiger partial charge in [0, 0.05) is 20.3 Å². The normalized spacial score (nSPS) is 10.8. The Morgan fingerprint density at radius 1 is 1.20 bits per heavy atom. The fourth-order valence-electron chi connectivity index (χ4n) is 1.64. The molecule has 0 aliphatic heterocycles. The number of thioether (sulfide) groups is 1. The molecule has 0 radical (unpaired) electrons. The lowest BCUT2D eigenvalue weighted by Gasteiger charge is -2.05. The van der Waals surface area contributed by atoms with Gasteiger partial charge in [-0.3, -0.25) is 0 Å². The van der Waals surface area contributed by atoms with Gasteiger partial charge < -0.3 is 5.11 Å². The average molecular weight is 396 g/mol. The van der Waals surface area contributed by atoms with E-state index in [2.05, 4.69) is 40.8 Å². The topological polar surface area (TPSA) is 37.3 Å². The first kappa shape index (κ1) is 15.1. The molecule has 0 unspecified atom stereocenters. The number of carboxylic acids is 1. The SMILES string of the molecule is O=C(O)/C=C/c1cc(SCc2ccccc2)ccc1I. The molecular formula is C16H13IO2S. The van der Waals surface area contributed by atoms with E-state index in [1.807, 2.05) is 30.3 Å². The minimum Gasteiger partial charge on any atom is -0.478 e.